The van der Waals surface area contributed by atoms with E-state index in [2.05, 4.69) is 44.7 Å². The number of carbonyl (C=O) groups is 1. The summed E-state index contributed by atoms with van der Waals surface area (Å²) in [6.07, 6.45) is 5.14. The molecule has 7 heteroatoms. The monoisotopic (exact) mass is 418 g/mol. The van der Waals surface area contributed by atoms with Crippen molar-refractivity contribution in [2.45, 2.75) is 44.7 Å². The van der Waals surface area contributed by atoms with E-state index in [9.17, 15) is 4.79 Å². The third kappa shape index (κ3) is 4.42. The number of hydrogen-bond donors (Lipinski definition) is 2. The lowest BCUT2D eigenvalue weighted by Gasteiger charge is -2.25. The molecule has 31 heavy (non-hydrogen) atoms. The first-order valence-corrected chi connectivity index (χ1v) is 11.4. The zero-order valence-corrected chi connectivity index (χ0v) is 17.9. The van der Waals surface area contributed by atoms with E-state index in [1.165, 1.54) is 18.4 Å². The molecule has 0 bridgehead atoms. The van der Waals surface area contributed by atoms with Crippen LogP contribution in [0.25, 0.3) is 11.0 Å². The zero-order valence-electron chi connectivity index (χ0n) is 17.9. The van der Waals surface area contributed by atoms with Crippen LogP contribution >= 0.6 is 0 Å². The van der Waals surface area contributed by atoms with E-state index in [1.54, 1.807) is 0 Å². The molecule has 0 radical (unpaired) electrons. The topological polar surface area (TPSA) is 77.2 Å². The highest BCUT2D eigenvalue weighted by Crippen LogP contribution is 2.33. The number of carbonyl (C=O) groups excluding carboxylic acids is 1. The van der Waals surface area contributed by atoms with E-state index in [4.69, 9.17) is 4.98 Å². The SMILES string of the molecule is O=C(CCN1CCCC1)N1CCCC1c1ccc2c(NCc3ccccc3)n[nH]c2n1. The van der Waals surface area contributed by atoms with Crippen LogP contribution in [0, 0.1) is 0 Å². The Kier molecular flexibility index (Phi) is 5.84. The van der Waals surface area contributed by atoms with Crippen molar-refractivity contribution in [3.05, 3.63) is 53.7 Å². The summed E-state index contributed by atoms with van der Waals surface area (Å²) in [6, 6.07) is 14.5. The highest BCUT2D eigenvalue weighted by molar-refractivity contribution is 5.87. The maximum atomic E-state index is 12.9. The van der Waals surface area contributed by atoms with Crippen LogP contribution in [0.15, 0.2) is 42.5 Å². The average molecular weight is 419 g/mol. The molecule has 2 N–H and O–H groups in total. The van der Waals surface area contributed by atoms with E-state index in [1.807, 2.05) is 23.1 Å². The summed E-state index contributed by atoms with van der Waals surface area (Å²) in [5.41, 5.74) is 2.93. The van der Waals surface area contributed by atoms with Crippen molar-refractivity contribution in [1.82, 2.24) is 25.0 Å². The largest absolute Gasteiger partial charge is 0.364 e. The Hall–Kier alpha value is -2.93. The van der Waals surface area contributed by atoms with Crippen molar-refractivity contribution in [3.8, 4) is 0 Å². The summed E-state index contributed by atoms with van der Waals surface area (Å²) in [7, 11) is 0. The lowest BCUT2D eigenvalue weighted by atomic mass is 10.1. The highest BCUT2D eigenvalue weighted by atomic mass is 16.2. The molecule has 1 unspecified atom stereocenters. The maximum Gasteiger partial charge on any atom is 0.224 e. The van der Waals surface area contributed by atoms with Crippen LogP contribution in [0.2, 0.25) is 0 Å². The number of benzene rings is 1. The number of nitrogens with one attached hydrogen (secondary N) is 2. The second-order valence-electron chi connectivity index (χ2n) is 8.59. The van der Waals surface area contributed by atoms with E-state index in [0.717, 1.165) is 61.6 Å². The second-order valence-corrected chi connectivity index (χ2v) is 8.59. The molecular formula is C24H30N6O. The molecule has 5 rings (SSSR count). The first-order chi connectivity index (χ1) is 15.3. The Morgan fingerprint density at radius 1 is 1.06 bits per heavy atom. The number of H-pyrrole nitrogens is 1. The van der Waals surface area contributed by atoms with Crippen LogP contribution in [0.3, 0.4) is 0 Å². The van der Waals surface area contributed by atoms with Gasteiger partial charge in [0, 0.05) is 26.1 Å². The number of amides is 1. The molecule has 1 atom stereocenters. The van der Waals surface area contributed by atoms with Crippen molar-refractivity contribution in [2.24, 2.45) is 0 Å². The molecule has 1 amide bonds. The Bertz CT molecular complexity index is 1030. The van der Waals surface area contributed by atoms with Crippen LogP contribution in [-0.2, 0) is 11.3 Å². The molecule has 2 saturated heterocycles. The zero-order chi connectivity index (χ0) is 21.0. The number of anilines is 1. The predicted octanol–water partition coefficient (Wildman–Crippen LogP) is 3.72. The number of hydrogen-bond acceptors (Lipinski definition) is 5. The van der Waals surface area contributed by atoms with E-state index in [0.29, 0.717) is 13.0 Å². The fourth-order valence-electron chi connectivity index (χ4n) is 4.80. The molecule has 2 fully saturated rings. The van der Waals surface area contributed by atoms with Crippen LogP contribution in [-0.4, -0.2) is 57.1 Å². The Labute approximate surface area is 182 Å². The van der Waals surface area contributed by atoms with Gasteiger partial charge < -0.3 is 15.1 Å². The molecule has 0 spiro atoms. The number of likely N-dealkylation sites (tertiary alicyclic amines) is 2. The summed E-state index contributed by atoms with van der Waals surface area (Å²) in [5.74, 6) is 1.06. The number of pyridine rings is 1. The fraction of sp³-hybridized carbons (Fsp3) is 0.458. The van der Waals surface area contributed by atoms with Crippen molar-refractivity contribution < 1.29 is 4.79 Å². The van der Waals surface area contributed by atoms with Crippen molar-refractivity contribution in [1.29, 1.82) is 0 Å². The molecule has 2 aliphatic heterocycles. The molecule has 2 aromatic heterocycles. The molecule has 7 nitrogen and oxygen atoms in total. The van der Waals surface area contributed by atoms with Crippen LogP contribution < -0.4 is 5.32 Å². The maximum absolute atomic E-state index is 12.9. The van der Waals surface area contributed by atoms with Gasteiger partial charge in [-0.3, -0.25) is 9.89 Å². The van der Waals surface area contributed by atoms with Crippen molar-refractivity contribution in [2.75, 3.05) is 31.5 Å². The minimum atomic E-state index is 0.0690. The quantitative estimate of drug-likeness (QED) is 0.612. The van der Waals surface area contributed by atoms with Crippen LogP contribution in [0.5, 0.6) is 0 Å². The minimum Gasteiger partial charge on any atom is -0.364 e. The van der Waals surface area contributed by atoms with Gasteiger partial charge in [-0.25, -0.2) is 4.98 Å². The molecule has 0 saturated carbocycles. The molecular weight excluding hydrogens is 388 g/mol. The van der Waals surface area contributed by atoms with Gasteiger partial charge in [-0.1, -0.05) is 30.3 Å². The van der Waals surface area contributed by atoms with Crippen LogP contribution in [0.1, 0.15) is 49.4 Å². The summed E-state index contributed by atoms with van der Waals surface area (Å²) >= 11 is 0. The Morgan fingerprint density at radius 3 is 2.74 bits per heavy atom. The first kappa shape index (κ1) is 20.0. The molecule has 0 aliphatic carbocycles. The van der Waals surface area contributed by atoms with Gasteiger partial charge in [0.05, 0.1) is 17.1 Å². The molecule has 3 aromatic rings. The van der Waals surface area contributed by atoms with Gasteiger partial charge in [0.15, 0.2) is 11.5 Å². The van der Waals surface area contributed by atoms with E-state index >= 15 is 0 Å². The van der Waals surface area contributed by atoms with Gasteiger partial charge in [0.25, 0.3) is 0 Å². The van der Waals surface area contributed by atoms with Gasteiger partial charge in [-0.15, -0.1) is 0 Å². The molecule has 162 valence electrons. The number of nitrogens with zero attached hydrogens (tertiary/aromatic N) is 4. The van der Waals surface area contributed by atoms with Gasteiger partial charge in [0.2, 0.25) is 5.91 Å². The van der Waals surface area contributed by atoms with Crippen molar-refractivity contribution >= 4 is 22.8 Å². The average Bonchev–Trinajstić information content (AvgIpc) is 3.57. The lowest BCUT2D eigenvalue weighted by molar-refractivity contribution is -0.132. The smallest absolute Gasteiger partial charge is 0.224 e. The number of aromatic nitrogens is 3. The van der Waals surface area contributed by atoms with Gasteiger partial charge >= 0.3 is 0 Å². The van der Waals surface area contributed by atoms with Crippen molar-refractivity contribution in [3.63, 3.8) is 0 Å². The van der Waals surface area contributed by atoms with E-state index < -0.39 is 0 Å². The van der Waals surface area contributed by atoms with Crippen LogP contribution in [0.4, 0.5) is 5.82 Å². The predicted molar refractivity (Wildman–Crippen MR) is 122 cm³/mol. The normalized spacial score (nSPS) is 19.4. The molecule has 2 aliphatic rings. The Balaban J connectivity index is 1.26. The summed E-state index contributed by atoms with van der Waals surface area (Å²) < 4.78 is 0. The molecule has 1 aromatic carbocycles. The Morgan fingerprint density at radius 2 is 1.90 bits per heavy atom. The standard InChI is InChI=1S/C24H30N6O/c31-22(12-16-29-13-4-5-14-29)30-15-6-9-21(30)20-11-10-19-23(27-28-24(19)26-20)25-17-18-7-2-1-3-8-18/h1-3,7-8,10-11,21H,4-6,9,12-17H2,(H2,25,26,27,28). The number of rotatable bonds is 7. The molecule has 4 heterocycles. The minimum absolute atomic E-state index is 0.0690. The third-order valence-electron chi connectivity index (χ3n) is 6.50. The fourth-order valence-corrected chi connectivity index (χ4v) is 4.80. The van der Waals surface area contributed by atoms with Gasteiger partial charge in [-0.05, 0) is 56.5 Å². The van der Waals surface area contributed by atoms with E-state index in [-0.39, 0.29) is 11.9 Å². The third-order valence-corrected chi connectivity index (χ3v) is 6.50. The number of fused-ring (bicyclic) bond motifs is 1. The highest BCUT2D eigenvalue weighted by Gasteiger charge is 2.31. The summed E-state index contributed by atoms with van der Waals surface area (Å²) in [4.78, 5) is 22.2. The summed E-state index contributed by atoms with van der Waals surface area (Å²) in [5, 5.41) is 11.9. The second kappa shape index (κ2) is 9.06. The lowest BCUT2D eigenvalue weighted by Crippen LogP contribution is -2.34. The first-order valence-electron chi connectivity index (χ1n) is 11.4. The van der Waals surface area contributed by atoms with Gasteiger partial charge in [0.1, 0.15) is 0 Å². The summed E-state index contributed by atoms with van der Waals surface area (Å²) in [6.45, 7) is 4.69. The van der Waals surface area contributed by atoms with Gasteiger partial charge in [-0.2, -0.15) is 5.10 Å². The number of aromatic amines is 1.